The first-order chi connectivity index (χ1) is 25.3. The first kappa shape index (κ1) is 35.1. The number of phosphoric acid groups is 1. The second-order valence-electron chi connectivity index (χ2n) is 12.7. The van der Waals surface area contributed by atoms with E-state index in [1.807, 2.05) is 123 Å². The van der Waals surface area contributed by atoms with Crippen LogP contribution in [0.2, 0.25) is 0 Å². The summed E-state index contributed by atoms with van der Waals surface area (Å²) in [4.78, 5) is 24.9. The van der Waals surface area contributed by atoms with Gasteiger partial charge >= 0.3 is 7.82 Å². The van der Waals surface area contributed by atoms with Crippen molar-refractivity contribution in [2.45, 2.75) is 46.1 Å². The zero-order valence-corrected chi connectivity index (χ0v) is 30.2. The van der Waals surface area contributed by atoms with Gasteiger partial charge in [0.15, 0.2) is 0 Å². The van der Waals surface area contributed by atoms with Crippen molar-refractivity contribution in [2.75, 3.05) is 12.0 Å². The third-order valence-electron chi connectivity index (χ3n) is 9.10. The van der Waals surface area contributed by atoms with Gasteiger partial charge in [-0.1, -0.05) is 97.1 Å². The van der Waals surface area contributed by atoms with E-state index in [4.69, 9.17) is 23.3 Å². The number of hydrogen-bond acceptors (Lipinski definition) is 7. The first-order valence-electron chi connectivity index (χ1n) is 17.1. The number of ether oxygens (including phenoxy) is 1. The average Bonchev–Trinajstić information content (AvgIpc) is 3.87. The lowest BCUT2D eigenvalue weighted by molar-refractivity contribution is 0.0939. The predicted octanol–water partition coefficient (Wildman–Crippen LogP) is 9.29. The highest BCUT2D eigenvalue weighted by Crippen LogP contribution is 2.52. The van der Waals surface area contributed by atoms with Crippen molar-refractivity contribution in [2.24, 2.45) is 4.99 Å². The van der Waals surface area contributed by atoms with Crippen LogP contribution in [0.15, 0.2) is 138 Å². The second kappa shape index (κ2) is 15.5. The number of para-hydroxylation sites is 1. The number of hydrogen-bond donors (Lipinski definition) is 1. The molecule has 0 spiro atoms. The molecular weight excluding hydrogens is 673 g/mol. The van der Waals surface area contributed by atoms with Crippen LogP contribution in [0.25, 0.3) is 6.08 Å². The summed E-state index contributed by atoms with van der Waals surface area (Å²) in [7, 11) is -2.47. The van der Waals surface area contributed by atoms with Gasteiger partial charge in [0, 0.05) is 35.1 Å². The van der Waals surface area contributed by atoms with Gasteiger partial charge in [0.2, 0.25) is 0 Å². The molecule has 0 fully saturated rings. The van der Waals surface area contributed by atoms with Crippen molar-refractivity contribution in [3.63, 3.8) is 0 Å². The molecule has 1 amide bonds. The molecule has 3 heterocycles. The number of carbonyl (C=O) groups is 1. The molecule has 1 aromatic heterocycles. The van der Waals surface area contributed by atoms with Crippen LogP contribution in [-0.2, 0) is 49.1 Å². The number of aliphatic imine (C=N–C) groups is 1. The normalized spacial score (nSPS) is 16.2. The molecule has 0 radical (unpaired) electrons. The number of aromatic amines is 1. The zero-order chi connectivity index (χ0) is 36.1. The van der Waals surface area contributed by atoms with Gasteiger partial charge in [-0.25, -0.2) is 9.56 Å². The standard InChI is InChI=1S/C42H40N3O6P/c1-29-22-30(2)43-36(29)24-38-41(48-3)25-37(44-38)40-23-33-18-11-13-21-39(33)45(40)42(46)35-20-12-10-19-34(35)28-51-52(47,49-26-31-14-6-4-7-15-31)50-27-32-16-8-5-9-17-32/h4-22,24-25,40,43H,23,26-28H2,1-3H3/b38-24+. The fourth-order valence-electron chi connectivity index (χ4n) is 6.48. The Morgan fingerprint density at radius 1 is 0.846 bits per heavy atom. The highest BCUT2D eigenvalue weighted by atomic mass is 31.2. The molecule has 52 heavy (non-hydrogen) atoms. The quantitative estimate of drug-likeness (QED) is 0.122. The lowest BCUT2D eigenvalue weighted by Crippen LogP contribution is -2.42. The number of benzene rings is 4. The number of anilines is 1. The Hall–Kier alpha value is -5.31. The number of H-pyrrole nitrogens is 1. The molecule has 2 aliphatic heterocycles. The number of fused-ring (bicyclic) bond motifs is 1. The lowest BCUT2D eigenvalue weighted by Gasteiger charge is -2.26. The summed E-state index contributed by atoms with van der Waals surface area (Å²) in [5.41, 5.74) is 8.95. The molecule has 0 saturated heterocycles. The Morgan fingerprint density at radius 3 is 2.12 bits per heavy atom. The van der Waals surface area contributed by atoms with Crippen LogP contribution in [0.3, 0.4) is 0 Å². The number of methoxy groups -OCH3 is 1. The largest absolute Gasteiger partial charge is 0.494 e. The molecule has 1 N–H and O–H groups in total. The van der Waals surface area contributed by atoms with Crippen LogP contribution in [0.5, 0.6) is 0 Å². The molecule has 5 aromatic rings. The van der Waals surface area contributed by atoms with E-state index in [1.165, 1.54) is 0 Å². The van der Waals surface area contributed by atoms with Crippen LogP contribution < -0.4 is 4.90 Å². The molecular formula is C42H40N3O6P. The zero-order valence-electron chi connectivity index (χ0n) is 29.3. The summed E-state index contributed by atoms with van der Waals surface area (Å²) in [6.45, 7) is 3.93. The third-order valence-corrected chi connectivity index (χ3v) is 10.4. The van der Waals surface area contributed by atoms with Crippen molar-refractivity contribution < 1.29 is 27.7 Å². The minimum Gasteiger partial charge on any atom is -0.494 e. The molecule has 7 rings (SSSR count). The van der Waals surface area contributed by atoms with E-state index in [1.54, 1.807) is 24.1 Å². The van der Waals surface area contributed by atoms with Crippen molar-refractivity contribution in [3.8, 4) is 0 Å². The minimum atomic E-state index is -4.10. The van der Waals surface area contributed by atoms with Gasteiger partial charge in [0.05, 0.1) is 38.7 Å². The fourth-order valence-corrected chi connectivity index (χ4v) is 7.62. The summed E-state index contributed by atoms with van der Waals surface area (Å²) in [5, 5.41) is 0. The van der Waals surface area contributed by atoms with Crippen LogP contribution in [0.1, 0.15) is 49.6 Å². The second-order valence-corrected chi connectivity index (χ2v) is 14.4. The van der Waals surface area contributed by atoms with E-state index in [-0.39, 0.29) is 25.7 Å². The van der Waals surface area contributed by atoms with Crippen LogP contribution >= 0.6 is 7.82 Å². The Bertz CT molecular complexity index is 2160. The Kier molecular flexibility index (Phi) is 10.5. The number of phosphoric ester groups is 1. The van der Waals surface area contributed by atoms with E-state index in [9.17, 15) is 9.36 Å². The third kappa shape index (κ3) is 7.78. The highest BCUT2D eigenvalue weighted by Gasteiger charge is 2.39. The molecule has 4 aromatic carbocycles. The minimum absolute atomic E-state index is 0.0261. The van der Waals surface area contributed by atoms with E-state index < -0.39 is 13.9 Å². The topological polar surface area (TPSA) is 102 Å². The molecule has 2 aliphatic rings. The van der Waals surface area contributed by atoms with E-state index in [0.29, 0.717) is 29.0 Å². The van der Waals surface area contributed by atoms with Crippen LogP contribution in [0, 0.1) is 13.8 Å². The van der Waals surface area contributed by atoms with Crippen molar-refractivity contribution in [1.29, 1.82) is 0 Å². The summed E-state index contributed by atoms with van der Waals surface area (Å²) in [5.74, 6) is 0.392. The average molecular weight is 714 g/mol. The maximum absolute atomic E-state index is 14.7. The highest BCUT2D eigenvalue weighted by molar-refractivity contribution is 7.48. The SMILES string of the molecule is COC1=CC(C2Cc3ccccc3N2C(=O)c2ccccc2COP(=O)(OCc2ccccc2)OCc2ccccc2)=N/C1=C/c1[nH]c(C)cc1C. The van der Waals surface area contributed by atoms with Crippen molar-refractivity contribution >= 4 is 31.2 Å². The number of amides is 1. The monoisotopic (exact) mass is 713 g/mol. The number of aryl methyl sites for hydroxylation is 2. The smallest absolute Gasteiger partial charge is 0.475 e. The van der Waals surface area contributed by atoms with Crippen LogP contribution in [0.4, 0.5) is 5.69 Å². The predicted molar refractivity (Wildman–Crippen MR) is 203 cm³/mol. The number of aromatic nitrogens is 1. The molecule has 0 aliphatic carbocycles. The van der Waals surface area contributed by atoms with Gasteiger partial charge in [-0.3, -0.25) is 23.3 Å². The number of rotatable bonds is 13. The lowest BCUT2D eigenvalue weighted by atomic mass is 10.0. The van der Waals surface area contributed by atoms with Crippen molar-refractivity contribution in [1.82, 2.24) is 4.98 Å². The van der Waals surface area contributed by atoms with Gasteiger partial charge in [-0.2, -0.15) is 0 Å². The molecule has 0 bridgehead atoms. The van der Waals surface area contributed by atoms with E-state index in [0.717, 1.165) is 45.0 Å². The van der Waals surface area contributed by atoms with Crippen molar-refractivity contribution in [3.05, 3.63) is 178 Å². The summed E-state index contributed by atoms with van der Waals surface area (Å²) >= 11 is 0. The Labute approximate surface area is 303 Å². The first-order valence-corrected chi connectivity index (χ1v) is 18.6. The number of nitrogens with zero attached hydrogens (tertiary/aromatic N) is 2. The molecule has 1 atom stereocenters. The molecule has 0 saturated carbocycles. The van der Waals surface area contributed by atoms with Gasteiger partial charge in [0.1, 0.15) is 11.5 Å². The van der Waals surface area contributed by atoms with Gasteiger partial charge < -0.3 is 9.72 Å². The van der Waals surface area contributed by atoms with Gasteiger partial charge in [-0.15, -0.1) is 0 Å². The van der Waals surface area contributed by atoms with Gasteiger partial charge in [0.25, 0.3) is 5.91 Å². The Morgan fingerprint density at radius 2 is 1.46 bits per heavy atom. The maximum atomic E-state index is 14.7. The van der Waals surface area contributed by atoms with Gasteiger partial charge in [-0.05, 0) is 65.9 Å². The number of nitrogens with one attached hydrogen (secondary N) is 1. The summed E-state index contributed by atoms with van der Waals surface area (Å²) in [6, 6.07) is 35.6. The van der Waals surface area contributed by atoms with E-state index >= 15 is 0 Å². The summed E-state index contributed by atoms with van der Waals surface area (Å²) in [6.07, 6.45) is 4.47. The molecule has 1 unspecified atom stereocenters. The number of carbonyl (C=O) groups excluding carboxylic acids is 1. The molecule has 9 nitrogen and oxygen atoms in total. The maximum Gasteiger partial charge on any atom is 0.475 e. The fraction of sp³-hybridized carbons (Fsp3) is 0.190. The molecule has 264 valence electrons. The molecule has 10 heteroatoms. The van der Waals surface area contributed by atoms with E-state index in [2.05, 4.69) is 11.1 Å². The Balaban J connectivity index is 1.16. The summed E-state index contributed by atoms with van der Waals surface area (Å²) < 4.78 is 37.6. The van der Waals surface area contributed by atoms with Crippen LogP contribution in [-0.4, -0.2) is 29.8 Å².